The van der Waals surface area contributed by atoms with Gasteiger partial charge in [-0.05, 0) is 83.8 Å². The van der Waals surface area contributed by atoms with Crippen LogP contribution in [0.3, 0.4) is 0 Å². The highest BCUT2D eigenvalue weighted by atomic mass is 16.6. The van der Waals surface area contributed by atoms with Crippen molar-refractivity contribution in [3.63, 3.8) is 0 Å². The molecule has 364 valence electrons. The summed E-state index contributed by atoms with van der Waals surface area (Å²) in [4.78, 5) is 39.0. The lowest BCUT2D eigenvalue weighted by atomic mass is 10.0. The van der Waals surface area contributed by atoms with Crippen LogP contribution in [0.2, 0.25) is 0 Å². The molecule has 10 nitrogen and oxygen atoms in total. The highest BCUT2D eigenvalue weighted by Gasteiger charge is 2.15. The van der Waals surface area contributed by atoms with E-state index in [0.29, 0.717) is 31.3 Å². The lowest BCUT2D eigenvalue weighted by Crippen LogP contribution is -2.28. The molecule has 0 saturated carbocycles. The zero-order chi connectivity index (χ0) is 45.6. The number of nitro groups is 1. The van der Waals surface area contributed by atoms with E-state index in [1.807, 2.05) is 7.11 Å². The number of ether oxygens (including phenoxy) is 2. The Morgan fingerprint density at radius 1 is 0.661 bits per heavy atom. The molecule has 0 radical (unpaired) electrons. The normalized spacial score (nSPS) is 11.8. The number of aldehydes is 1. The Morgan fingerprint density at radius 2 is 1.11 bits per heavy atom. The summed E-state index contributed by atoms with van der Waals surface area (Å²) >= 11 is 0. The highest BCUT2D eigenvalue weighted by Crippen LogP contribution is 2.22. The van der Waals surface area contributed by atoms with Gasteiger partial charge in [0.15, 0.2) is 5.82 Å². The van der Waals surface area contributed by atoms with Gasteiger partial charge in [-0.3, -0.25) is 14.9 Å². The van der Waals surface area contributed by atoms with Crippen molar-refractivity contribution < 1.29 is 24.0 Å². The van der Waals surface area contributed by atoms with Gasteiger partial charge in [-0.2, -0.15) is 0 Å². The highest BCUT2D eigenvalue weighted by molar-refractivity contribution is 5.69. The molecular weight excluding hydrogens is 777 g/mol. The average Bonchev–Trinajstić information content (AvgIpc) is 3.76. The van der Waals surface area contributed by atoms with E-state index in [4.69, 9.17) is 9.47 Å². The van der Waals surface area contributed by atoms with E-state index in [-0.39, 0.29) is 22.7 Å². The van der Waals surface area contributed by atoms with Crippen LogP contribution in [0.15, 0.2) is 12.3 Å². The second-order valence-corrected chi connectivity index (χ2v) is 17.9. The SMILES string of the molecule is CCCCCCCCC(CC)OC(=O)CCCCCCCN(CCCCCCCC=O)CCCNc1[nH]ccc1[N+](=O)[O-].CCCCCCCCC(CCCCCCCC)OC. The number of aromatic nitrogens is 1. The molecule has 1 unspecified atom stereocenters. The van der Waals surface area contributed by atoms with Crippen molar-refractivity contribution in [2.45, 2.75) is 265 Å². The Balaban J connectivity index is 0.00000164. The van der Waals surface area contributed by atoms with E-state index in [2.05, 4.69) is 42.9 Å². The van der Waals surface area contributed by atoms with Crippen LogP contribution >= 0.6 is 0 Å². The summed E-state index contributed by atoms with van der Waals surface area (Å²) < 4.78 is 11.4. The molecule has 1 aromatic heterocycles. The second-order valence-electron chi connectivity index (χ2n) is 17.9. The fourth-order valence-corrected chi connectivity index (χ4v) is 8.16. The molecule has 0 amide bonds. The third-order valence-corrected chi connectivity index (χ3v) is 12.3. The molecule has 62 heavy (non-hydrogen) atoms. The monoisotopic (exact) mass is 877 g/mol. The fraction of sp³-hybridized carbons (Fsp3) is 0.885. The summed E-state index contributed by atoms with van der Waals surface area (Å²) in [6, 6.07) is 1.48. The van der Waals surface area contributed by atoms with Crippen molar-refractivity contribution in [3.8, 4) is 0 Å². The summed E-state index contributed by atoms with van der Waals surface area (Å²) in [6.45, 7) is 12.6. The van der Waals surface area contributed by atoms with Crippen LogP contribution in [-0.4, -0.2) is 72.6 Å². The van der Waals surface area contributed by atoms with Crippen molar-refractivity contribution in [1.82, 2.24) is 9.88 Å². The zero-order valence-electron chi connectivity index (χ0n) is 41.3. The maximum absolute atomic E-state index is 12.3. The van der Waals surface area contributed by atoms with E-state index in [1.165, 1.54) is 141 Å². The number of methoxy groups -OCH3 is 1. The first kappa shape index (κ1) is 59.5. The van der Waals surface area contributed by atoms with Gasteiger partial charge in [0.1, 0.15) is 12.4 Å². The molecule has 0 bridgehead atoms. The standard InChI is InChI=1S/C34H62N4O5.C18H38O/c1-3-5-6-7-11-16-22-31(4-2)43-33(40)23-17-12-10-14-19-28-37(27-18-13-8-9-15-20-30-39)29-21-25-35-34-32(38(41)42)24-26-36-34;1-4-6-8-10-12-14-16-18(19-3)17-15-13-11-9-7-5-2/h24,26,30-31,35-36H,3-23,25,27-29H2,1-2H3;18H,4-17H2,1-3H3. The number of esters is 1. The van der Waals surface area contributed by atoms with Crippen LogP contribution in [0.25, 0.3) is 0 Å². The minimum absolute atomic E-state index is 0.0338. The number of hydrogen-bond donors (Lipinski definition) is 2. The molecule has 0 saturated heterocycles. The maximum Gasteiger partial charge on any atom is 0.310 e. The van der Waals surface area contributed by atoms with Crippen LogP contribution in [0.4, 0.5) is 11.5 Å². The number of nitrogens with one attached hydrogen (secondary N) is 2. The first-order chi connectivity index (χ1) is 30.4. The summed E-state index contributed by atoms with van der Waals surface area (Å²) in [6.07, 6.45) is 45.0. The van der Waals surface area contributed by atoms with Crippen molar-refractivity contribution in [2.24, 2.45) is 0 Å². The van der Waals surface area contributed by atoms with E-state index in [1.54, 1.807) is 6.20 Å². The second kappa shape index (κ2) is 46.5. The van der Waals surface area contributed by atoms with E-state index >= 15 is 0 Å². The largest absolute Gasteiger partial charge is 0.462 e. The number of anilines is 1. The molecular formula is C52H100N4O6. The van der Waals surface area contributed by atoms with Crippen LogP contribution in [0.1, 0.15) is 252 Å². The average molecular weight is 877 g/mol. The Morgan fingerprint density at radius 3 is 1.60 bits per heavy atom. The lowest BCUT2D eigenvalue weighted by molar-refractivity contribution is -0.383. The fourth-order valence-electron chi connectivity index (χ4n) is 8.16. The summed E-state index contributed by atoms with van der Waals surface area (Å²) in [7, 11) is 1.89. The Kier molecular flexibility index (Phi) is 44.7. The van der Waals surface area contributed by atoms with E-state index in [0.717, 1.165) is 103 Å². The molecule has 0 aliphatic heterocycles. The van der Waals surface area contributed by atoms with Gasteiger partial charge in [-0.25, -0.2) is 0 Å². The predicted molar refractivity (Wildman–Crippen MR) is 263 cm³/mol. The molecule has 0 aromatic carbocycles. The molecule has 0 fully saturated rings. The summed E-state index contributed by atoms with van der Waals surface area (Å²) in [5.41, 5.74) is 0.0815. The van der Waals surface area contributed by atoms with Crippen molar-refractivity contribution in [2.75, 3.05) is 38.6 Å². The molecule has 1 atom stereocenters. The zero-order valence-corrected chi connectivity index (χ0v) is 41.3. The molecule has 10 heteroatoms. The van der Waals surface area contributed by atoms with Gasteiger partial charge in [0.2, 0.25) is 0 Å². The van der Waals surface area contributed by atoms with Crippen LogP contribution in [0.5, 0.6) is 0 Å². The van der Waals surface area contributed by atoms with Gasteiger partial charge in [-0.1, -0.05) is 175 Å². The first-order valence-corrected chi connectivity index (χ1v) is 26.3. The number of carbonyl (C=O) groups is 2. The number of aromatic amines is 1. The van der Waals surface area contributed by atoms with Gasteiger partial charge in [-0.15, -0.1) is 0 Å². The molecule has 1 heterocycles. The van der Waals surface area contributed by atoms with E-state index < -0.39 is 0 Å². The molecule has 1 rings (SSSR count). The minimum Gasteiger partial charge on any atom is -0.462 e. The maximum atomic E-state index is 12.3. The van der Waals surface area contributed by atoms with Gasteiger partial charge >= 0.3 is 11.7 Å². The van der Waals surface area contributed by atoms with Crippen LogP contribution in [0, 0.1) is 10.1 Å². The third-order valence-electron chi connectivity index (χ3n) is 12.3. The van der Waals surface area contributed by atoms with Crippen molar-refractivity contribution in [3.05, 3.63) is 22.4 Å². The van der Waals surface area contributed by atoms with Gasteiger partial charge < -0.3 is 29.5 Å². The van der Waals surface area contributed by atoms with Crippen LogP contribution in [-0.2, 0) is 19.1 Å². The topological polar surface area (TPSA) is 127 Å². The van der Waals surface area contributed by atoms with Gasteiger partial charge in [0.05, 0.1) is 11.0 Å². The quantitative estimate of drug-likeness (QED) is 0.0218. The number of rotatable bonds is 46. The molecule has 2 N–H and O–H groups in total. The smallest absolute Gasteiger partial charge is 0.310 e. The minimum atomic E-state index is -0.373. The van der Waals surface area contributed by atoms with Crippen molar-refractivity contribution in [1.29, 1.82) is 0 Å². The molecule has 0 aliphatic carbocycles. The summed E-state index contributed by atoms with van der Waals surface area (Å²) in [5, 5.41) is 14.3. The number of unbranched alkanes of at least 4 members (excludes halogenated alkanes) is 24. The van der Waals surface area contributed by atoms with E-state index in [9.17, 15) is 19.7 Å². The van der Waals surface area contributed by atoms with Crippen molar-refractivity contribution >= 4 is 23.8 Å². The number of carbonyl (C=O) groups excluding carboxylic acids is 2. The predicted octanol–water partition coefficient (Wildman–Crippen LogP) is 15.5. The molecule has 0 aliphatic rings. The van der Waals surface area contributed by atoms with Gasteiger partial charge in [0, 0.05) is 38.8 Å². The molecule has 1 aromatic rings. The third kappa shape index (κ3) is 38.0. The summed E-state index contributed by atoms with van der Waals surface area (Å²) in [5.74, 6) is 0.437. The number of nitrogens with zero attached hydrogens (tertiary/aromatic N) is 2. The van der Waals surface area contributed by atoms with Crippen LogP contribution < -0.4 is 5.32 Å². The Hall–Kier alpha value is -2.46. The molecule has 0 spiro atoms. The lowest BCUT2D eigenvalue weighted by Gasteiger charge is -2.22. The Bertz CT molecular complexity index is 1100. The first-order valence-electron chi connectivity index (χ1n) is 26.3. The van der Waals surface area contributed by atoms with Gasteiger partial charge in [0.25, 0.3) is 0 Å². The number of hydrogen-bond acceptors (Lipinski definition) is 8. The number of H-pyrrole nitrogens is 1. The Labute approximate surface area is 382 Å².